The van der Waals surface area contributed by atoms with E-state index < -0.39 is 10.0 Å². The average Bonchev–Trinajstić information content (AvgIpc) is 2.55. The minimum absolute atomic E-state index is 0.0845. The number of likely N-dealkylation sites (N-methyl/N-ethyl adjacent to an activating group) is 1. The van der Waals surface area contributed by atoms with Crippen LogP contribution in [-0.2, 0) is 10.0 Å². The Bertz CT molecular complexity index is 809. The van der Waals surface area contributed by atoms with Crippen LogP contribution < -0.4 is 9.47 Å². The van der Waals surface area contributed by atoms with Crippen molar-refractivity contribution in [1.29, 1.82) is 0 Å². The van der Waals surface area contributed by atoms with Gasteiger partial charge in [-0.25, -0.2) is 8.42 Å². The highest BCUT2D eigenvalue weighted by Crippen LogP contribution is 2.31. The summed E-state index contributed by atoms with van der Waals surface area (Å²) in [6.45, 7) is 0.460. The Balaban J connectivity index is 1.75. The van der Waals surface area contributed by atoms with E-state index in [2.05, 4.69) is 0 Å². The van der Waals surface area contributed by atoms with E-state index >= 15 is 0 Å². The van der Waals surface area contributed by atoms with E-state index in [0.717, 1.165) is 0 Å². The zero-order chi connectivity index (χ0) is 16.4. The standard InChI is InChI=1S/C16H16ClNO4S/c1-18(23(19,20)16-9-5-2-6-13(16)17)10-12-11-21-14-7-3-4-8-15(14)22-12/h2-9,12H,10-11H2,1H3/t12-/m1/s1. The number of benzene rings is 2. The van der Waals surface area contributed by atoms with Crippen LogP contribution in [0.2, 0.25) is 5.02 Å². The SMILES string of the molecule is CN(C[C@@H]1COc2ccccc2O1)S(=O)(=O)c1ccccc1Cl. The van der Waals surface area contributed by atoms with Crippen LogP contribution in [0.4, 0.5) is 0 Å². The molecule has 2 aromatic carbocycles. The highest BCUT2D eigenvalue weighted by Gasteiger charge is 2.29. The summed E-state index contributed by atoms with van der Waals surface area (Å²) in [6.07, 6.45) is -0.382. The van der Waals surface area contributed by atoms with Crippen LogP contribution in [0.25, 0.3) is 0 Å². The van der Waals surface area contributed by atoms with Gasteiger partial charge < -0.3 is 9.47 Å². The molecular weight excluding hydrogens is 338 g/mol. The summed E-state index contributed by atoms with van der Waals surface area (Å²) in [5.74, 6) is 1.28. The van der Waals surface area contributed by atoms with E-state index in [9.17, 15) is 8.42 Å². The molecule has 0 unspecified atom stereocenters. The van der Waals surface area contributed by atoms with Gasteiger partial charge in [0.2, 0.25) is 10.0 Å². The summed E-state index contributed by atoms with van der Waals surface area (Å²) in [6, 6.07) is 13.7. The predicted octanol–water partition coefficient (Wildman–Crippen LogP) is 2.80. The zero-order valence-electron chi connectivity index (χ0n) is 12.5. The van der Waals surface area contributed by atoms with E-state index in [1.807, 2.05) is 18.2 Å². The molecule has 1 atom stereocenters. The maximum Gasteiger partial charge on any atom is 0.244 e. The molecule has 1 aliphatic heterocycles. The van der Waals surface area contributed by atoms with Gasteiger partial charge in [-0.2, -0.15) is 4.31 Å². The molecule has 5 nitrogen and oxygen atoms in total. The molecule has 0 bridgehead atoms. The minimum Gasteiger partial charge on any atom is -0.486 e. The maximum atomic E-state index is 12.6. The summed E-state index contributed by atoms with van der Waals surface area (Å²) < 4.78 is 37.9. The van der Waals surface area contributed by atoms with Gasteiger partial charge in [-0.3, -0.25) is 0 Å². The van der Waals surface area contributed by atoms with Crippen molar-refractivity contribution in [2.45, 2.75) is 11.0 Å². The fourth-order valence-electron chi connectivity index (χ4n) is 2.36. The lowest BCUT2D eigenvalue weighted by Crippen LogP contribution is -2.41. The quantitative estimate of drug-likeness (QED) is 0.848. The number of hydrogen-bond donors (Lipinski definition) is 0. The second-order valence-electron chi connectivity index (χ2n) is 5.21. The Hall–Kier alpha value is -1.76. The number of hydrogen-bond acceptors (Lipinski definition) is 4. The number of nitrogens with zero attached hydrogens (tertiary/aromatic N) is 1. The highest BCUT2D eigenvalue weighted by atomic mass is 35.5. The second-order valence-corrected chi connectivity index (χ2v) is 7.63. The molecule has 1 aliphatic rings. The fraction of sp³-hybridized carbons (Fsp3) is 0.250. The molecule has 1 heterocycles. The van der Waals surface area contributed by atoms with Crippen LogP contribution in [0.1, 0.15) is 0 Å². The lowest BCUT2D eigenvalue weighted by molar-refractivity contribution is 0.0798. The van der Waals surface area contributed by atoms with Gasteiger partial charge in [0.25, 0.3) is 0 Å². The fourth-order valence-corrected chi connectivity index (χ4v) is 4.05. The molecule has 0 fully saturated rings. The molecule has 0 saturated heterocycles. The summed E-state index contributed by atoms with van der Waals surface area (Å²) in [5, 5.41) is 0.200. The van der Waals surface area contributed by atoms with Crippen molar-refractivity contribution in [3.63, 3.8) is 0 Å². The minimum atomic E-state index is -3.68. The van der Waals surface area contributed by atoms with Crippen LogP contribution >= 0.6 is 11.6 Å². The maximum absolute atomic E-state index is 12.6. The van der Waals surface area contributed by atoms with Gasteiger partial charge in [0.1, 0.15) is 17.6 Å². The Kier molecular flexibility index (Phi) is 4.48. The average molecular weight is 354 g/mol. The third kappa shape index (κ3) is 3.29. The van der Waals surface area contributed by atoms with E-state index in [4.69, 9.17) is 21.1 Å². The van der Waals surface area contributed by atoms with Crippen molar-refractivity contribution in [1.82, 2.24) is 4.31 Å². The van der Waals surface area contributed by atoms with Gasteiger partial charge in [-0.05, 0) is 24.3 Å². The molecular formula is C16H16ClNO4S. The Labute approximate surface area is 140 Å². The summed E-state index contributed by atoms with van der Waals surface area (Å²) in [7, 11) is -2.18. The molecule has 0 aliphatic carbocycles. The summed E-state index contributed by atoms with van der Waals surface area (Å²) in [5.41, 5.74) is 0. The van der Waals surface area contributed by atoms with Gasteiger partial charge in [-0.1, -0.05) is 35.9 Å². The normalized spacial score (nSPS) is 17.3. The molecule has 23 heavy (non-hydrogen) atoms. The molecule has 0 spiro atoms. The molecule has 0 aromatic heterocycles. The number of rotatable bonds is 4. The van der Waals surface area contributed by atoms with Crippen molar-refractivity contribution in [2.75, 3.05) is 20.2 Å². The Morgan fingerprint density at radius 1 is 1.13 bits per heavy atom. The smallest absolute Gasteiger partial charge is 0.244 e. The van der Waals surface area contributed by atoms with E-state index in [0.29, 0.717) is 18.1 Å². The first-order valence-electron chi connectivity index (χ1n) is 7.08. The summed E-state index contributed by atoms with van der Waals surface area (Å²) in [4.78, 5) is 0.0845. The molecule has 0 N–H and O–H groups in total. The molecule has 2 aromatic rings. The Morgan fingerprint density at radius 2 is 1.78 bits per heavy atom. The number of sulfonamides is 1. The van der Waals surface area contributed by atoms with Gasteiger partial charge in [0, 0.05) is 7.05 Å². The van der Waals surface area contributed by atoms with Crippen LogP contribution in [-0.4, -0.2) is 39.0 Å². The lowest BCUT2D eigenvalue weighted by Gasteiger charge is -2.29. The first-order chi connectivity index (χ1) is 11.0. The van der Waals surface area contributed by atoms with Gasteiger partial charge >= 0.3 is 0 Å². The molecule has 0 amide bonds. The molecule has 7 heteroatoms. The first-order valence-corrected chi connectivity index (χ1v) is 8.89. The number of halogens is 1. The Morgan fingerprint density at radius 3 is 2.52 bits per heavy atom. The van der Waals surface area contributed by atoms with E-state index in [1.165, 1.54) is 17.4 Å². The summed E-state index contributed by atoms with van der Waals surface area (Å²) >= 11 is 6.00. The number of ether oxygens (including phenoxy) is 2. The van der Waals surface area contributed by atoms with Crippen LogP contribution in [0.15, 0.2) is 53.4 Å². The zero-order valence-corrected chi connectivity index (χ0v) is 14.0. The molecule has 0 radical (unpaired) electrons. The molecule has 0 saturated carbocycles. The highest BCUT2D eigenvalue weighted by molar-refractivity contribution is 7.89. The van der Waals surface area contributed by atoms with Crippen molar-refractivity contribution in [3.05, 3.63) is 53.6 Å². The second kappa shape index (κ2) is 6.39. The van der Waals surface area contributed by atoms with Crippen molar-refractivity contribution < 1.29 is 17.9 Å². The largest absolute Gasteiger partial charge is 0.486 e. The monoisotopic (exact) mass is 353 g/mol. The lowest BCUT2D eigenvalue weighted by atomic mass is 10.2. The van der Waals surface area contributed by atoms with Gasteiger partial charge in [0.15, 0.2) is 11.5 Å². The third-order valence-corrected chi connectivity index (χ3v) is 5.88. The van der Waals surface area contributed by atoms with Crippen LogP contribution in [0, 0.1) is 0 Å². The van der Waals surface area contributed by atoms with Crippen molar-refractivity contribution >= 4 is 21.6 Å². The number of fused-ring (bicyclic) bond motifs is 1. The first kappa shape index (κ1) is 16.1. The number of para-hydroxylation sites is 2. The predicted molar refractivity (Wildman–Crippen MR) is 87.6 cm³/mol. The van der Waals surface area contributed by atoms with E-state index in [-0.39, 0.29) is 22.6 Å². The van der Waals surface area contributed by atoms with Gasteiger partial charge in [0.05, 0.1) is 11.6 Å². The van der Waals surface area contributed by atoms with Crippen molar-refractivity contribution in [3.8, 4) is 11.5 Å². The van der Waals surface area contributed by atoms with E-state index in [1.54, 1.807) is 24.3 Å². The van der Waals surface area contributed by atoms with Crippen LogP contribution in [0.3, 0.4) is 0 Å². The van der Waals surface area contributed by atoms with Crippen LogP contribution in [0.5, 0.6) is 11.5 Å². The topological polar surface area (TPSA) is 55.8 Å². The van der Waals surface area contributed by atoms with Gasteiger partial charge in [-0.15, -0.1) is 0 Å². The van der Waals surface area contributed by atoms with Crippen molar-refractivity contribution in [2.24, 2.45) is 0 Å². The molecule has 122 valence electrons. The third-order valence-electron chi connectivity index (χ3n) is 3.55. The molecule has 3 rings (SSSR count).